The van der Waals surface area contributed by atoms with E-state index < -0.39 is 0 Å². The Morgan fingerprint density at radius 2 is 2.17 bits per heavy atom. The zero-order valence-corrected chi connectivity index (χ0v) is 10.2. The van der Waals surface area contributed by atoms with Crippen molar-refractivity contribution in [1.82, 2.24) is 15.2 Å². The minimum atomic E-state index is -0.338. The average molecular weight is 244 g/mol. The highest BCUT2D eigenvalue weighted by atomic mass is 16.2. The second-order valence-electron chi connectivity index (χ2n) is 4.21. The van der Waals surface area contributed by atoms with E-state index in [1.807, 2.05) is 43.5 Å². The van der Waals surface area contributed by atoms with Crippen LogP contribution in [-0.4, -0.2) is 15.7 Å². The lowest BCUT2D eigenvalue weighted by Crippen LogP contribution is -2.36. The normalized spacial score (nSPS) is 12.1. The van der Waals surface area contributed by atoms with Gasteiger partial charge in [0.05, 0.1) is 18.7 Å². The fourth-order valence-corrected chi connectivity index (χ4v) is 1.88. The van der Waals surface area contributed by atoms with E-state index >= 15 is 0 Å². The monoisotopic (exact) mass is 244 g/mol. The third kappa shape index (κ3) is 2.75. The molecule has 0 saturated carbocycles. The number of hydrogen-bond acceptors (Lipinski definition) is 3. The molecule has 1 aromatic heterocycles. The minimum absolute atomic E-state index is 0.214. The molecule has 1 heterocycles. The second-order valence-corrected chi connectivity index (χ2v) is 4.21. The first-order valence-corrected chi connectivity index (χ1v) is 5.75. The van der Waals surface area contributed by atoms with E-state index in [4.69, 9.17) is 5.84 Å². The van der Waals surface area contributed by atoms with Gasteiger partial charge in [0, 0.05) is 6.20 Å². The molecule has 0 fully saturated rings. The summed E-state index contributed by atoms with van der Waals surface area (Å²) in [6.07, 6.45) is 3.67. The molecule has 2 rings (SSSR count). The Hall–Kier alpha value is -2.14. The smallest absolute Gasteiger partial charge is 0.243 e. The third-order valence-corrected chi connectivity index (χ3v) is 2.79. The molecule has 1 atom stereocenters. The van der Waals surface area contributed by atoms with Crippen LogP contribution in [0, 0.1) is 6.92 Å². The lowest BCUT2D eigenvalue weighted by atomic mass is 9.98. The number of nitrogens with zero attached hydrogens (tertiary/aromatic N) is 2. The lowest BCUT2D eigenvalue weighted by molar-refractivity contribution is -0.123. The fourth-order valence-electron chi connectivity index (χ4n) is 1.88. The molecule has 1 amide bonds. The van der Waals surface area contributed by atoms with Crippen molar-refractivity contribution in [2.45, 2.75) is 19.4 Å². The van der Waals surface area contributed by atoms with Gasteiger partial charge in [0.2, 0.25) is 5.91 Å². The predicted molar refractivity (Wildman–Crippen MR) is 68.5 cm³/mol. The van der Waals surface area contributed by atoms with E-state index in [2.05, 4.69) is 10.5 Å². The van der Waals surface area contributed by atoms with Gasteiger partial charge in [0.25, 0.3) is 0 Å². The van der Waals surface area contributed by atoms with Crippen LogP contribution in [-0.2, 0) is 11.3 Å². The van der Waals surface area contributed by atoms with Crippen LogP contribution in [0.5, 0.6) is 0 Å². The molecule has 2 aromatic rings. The summed E-state index contributed by atoms with van der Waals surface area (Å²) in [6.45, 7) is 2.44. The molecule has 94 valence electrons. The van der Waals surface area contributed by atoms with Crippen molar-refractivity contribution in [2.75, 3.05) is 0 Å². The number of aromatic nitrogens is 2. The number of carbonyl (C=O) groups excluding carboxylic acids is 1. The van der Waals surface area contributed by atoms with Crippen molar-refractivity contribution in [2.24, 2.45) is 5.84 Å². The summed E-state index contributed by atoms with van der Waals surface area (Å²) in [5.41, 5.74) is 4.20. The number of rotatable bonds is 4. The molecule has 0 saturated heterocycles. The summed E-state index contributed by atoms with van der Waals surface area (Å²) >= 11 is 0. The van der Waals surface area contributed by atoms with Crippen LogP contribution in [0.1, 0.15) is 17.0 Å². The van der Waals surface area contributed by atoms with Crippen molar-refractivity contribution in [1.29, 1.82) is 0 Å². The number of hydrazine groups is 1. The minimum Gasteiger partial charge on any atom is -0.294 e. The molecule has 0 aliphatic carbocycles. The van der Waals surface area contributed by atoms with E-state index in [0.29, 0.717) is 6.54 Å². The van der Waals surface area contributed by atoms with Crippen molar-refractivity contribution in [3.05, 3.63) is 53.9 Å². The van der Waals surface area contributed by atoms with Gasteiger partial charge in [-0.2, -0.15) is 5.10 Å². The maximum Gasteiger partial charge on any atom is 0.243 e. The summed E-state index contributed by atoms with van der Waals surface area (Å²) in [7, 11) is 0. The molecule has 5 heteroatoms. The Labute approximate surface area is 106 Å². The molecule has 0 spiro atoms. The van der Waals surface area contributed by atoms with Gasteiger partial charge < -0.3 is 0 Å². The summed E-state index contributed by atoms with van der Waals surface area (Å²) < 4.78 is 1.75. The number of hydrogen-bond donors (Lipinski definition) is 2. The van der Waals surface area contributed by atoms with E-state index in [9.17, 15) is 4.79 Å². The topological polar surface area (TPSA) is 72.9 Å². The number of aryl methyl sites for hydroxylation is 1. The number of nitrogens with one attached hydrogen (secondary N) is 1. The van der Waals surface area contributed by atoms with Crippen LogP contribution in [0.25, 0.3) is 0 Å². The molecule has 3 N–H and O–H groups in total. The second kappa shape index (κ2) is 5.46. The zero-order chi connectivity index (χ0) is 13.0. The van der Waals surface area contributed by atoms with Crippen LogP contribution in [0.2, 0.25) is 0 Å². The molecule has 0 bridgehead atoms. The van der Waals surface area contributed by atoms with Gasteiger partial charge in [-0.3, -0.25) is 14.9 Å². The van der Waals surface area contributed by atoms with Crippen LogP contribution in [0.4, 0.5) is 0 Å². The first-order chi connectivity index (χ1) is 8.70. The molecular weight excluding hydrogens is 228 g/mol. The molecule has 1 unspecified atom stereocenters. The highest BCUT2D eigenvalue weighted by molar-refractivity contribution is 5.82. The maximum atomic E-state index is 11.8. The van der Waals surface area contributed by atoms with E-state index in [1.54, 1.807) is 10.9 Å². The summed E-state index contributed by atoms with van der Waals surface area (Å²) in [5, 5.41) is 4.19. The first kappa shape index (κ1) is 12.3. The van der Waals surface area contributed by atoms with Gasteiger partial charge in [-0.1, -0.05) is 30.3 Å². The number of benzene rings is 1. The van der Waals surface area contributed by atoms with Gasteiger partial charge in [-0.15, -0.1) is 0 Å². The highest BCUT2D eigenvalue weighted by Crippen LogP contribution is 2.17. The SMILES string of the molecule is Cc1cnn(CC(C(=O)NN)c2ccccc2)c1. The highest BCUT2D eigenvalue weighted by Gasteiger charge is 2.20. The predicted octanol–water partition coefficient (Wildman–Crippen LogP) is 0.965. The standard InChI is InChI=1S/C13H16N4O/c1-10-7-15-17(8-10)9-12(13(18)16-14)11-5-3-2-4-6-11/h2-8,12H,9,14H2,1H3,(H,16,18). The third-order valence-electron chi connectivity index (χ3n) is 2.79. The van der Waals surface area contributed by atoms with Crippen LogP contribution < -0.4 is 11.3 Å². The van der Waals surface area contributed by atoms with Crippen LogP contribution >= 0.6 is 0 Å². The first-order valence-electron chi connectivity index (χ1n) is 5.75. The van der Waals surface area contributed by atoms with Gasteiger partial charge in [-0.25, -0.2) is 5.84 Å². The van der Waals surface area contributed by atoms with E-state index in [-0.39, 0.29) is 11.8 Å². The summed E-state index contributed by atoms with van der Waals surface area (Å²) in [5.74, 6) is 4.69. The molecule has 0 radical (unpaired) electrons. The largest absolute Gasteiger partial charge is 0.294 e. The number of nitrogens with two attached hydrogens (primary N) is 1. The molecule has 1 aromatic carbocycles. The average Bonchev–Trinajstić information content (AvgIpc) is 2.82. The molecule has 18 heavy (non-hydrogen) atoms. The Kier molecular flexibility index (Phi) is 3.74. The van der Waals surface area contributed by atoms with E-state index in [1.165, 1.54) is 0 Å². The summed E-state index contributed by atoms with van der Waals surface area (Å²) in [6, 6.07) is 9.55. The van der Waals surface area contributed by atoms with E-state index in [0.717, 1.165) is 11.1 Å². The Balaban J connectivity index is 2.24. The van der Waals surface area contributed by atoms with Gasteiger partial charge >= 0.3 is 0 Å². The Morgan fingerprint density at radius 3 is 2.72 bits per heavy atom. The zero-order valence-electron chi connectivity index (χ0n) is 10.2. The molecular formula is C13H16N4O. The Bertz CT molecular complexity index is 521. The summed E-state index contributed by atoms with van der Waals surface area (Å²) in [4.78, 5) is 11.8. The Morgan fingerprint density at radius 1 is 1.44 bits per heavy atom. The van der Waals surface area contributed by atoms with Crippen molar-refractivity contribution in [3.63, 3.8) is 0 Å². The molecule has 5 nitrogen and oxygen atoms in total. The fraction of sp³-hybridized carbons (Fsp3) is 0.231. The van der Waals surface area contributed by atoms with Crippen LogP contribution in [0.3, 0.4) is 0 Å². The quantitative estimate of drug-likeness (QED) is 0.478. The lowest BCUT2D eigenvalue weighted by Gasteiger charge is -2.15. The van der Waals surface area contributed by atoms with Crippen molar-refractivity contribution < 1.29 is 4.79 Å². The number of amides is 1. The van der Waals surface area contributed by atoms with Gasteiger partial charge in [-0.05, 0) is 18.1 Å². The van der Waals surface area contributed by atoms with Crippen LogP contribution in [0.15, 0.2) is 42.7 Å². The van der Waals surface area contributed by atoms with Crippen molar-refractivity contribution >= 4 is 5.91 Å². The maximum absolute atomic E-state index is 11.8. The van der Waals surface area contributed by atoms with Gasteiger partial charge in [0.1, 0.15) is 0 Å². The van der Waals surface area contributed by atoms with Crippen molar-refractivity contribution in [3.8, 4) is 0 Å². The van der Waals surface area contributed by atoms with Gasteiger partial charge in [0.15, 0.2) is 0 Å². The molecule has 0 aliphatic heterocycles. The number of carbonyl (C=O) groups is 1. The molecule has 0 aliphatic rings.